The van der Waals surface area contributed by atoms with Gasteiger partial charge in [-0.25, -0.2) is 4.79 Å². The van der Waals surface area contributed by atoms with Crippen LogP contribution >= 0.6 is 0 Å². The minimum Gasteiger partial charge on any atom is -0.489 e. The fourth-order valence-corrected chi connectivity index (χ4v) is 1.72. The number of carbonyl (C=O) groups excluding carboxylic acids is 1. The molecule has 0 saturated heterocycles. The normalized spacial score (nSPS) is 9.85. The Balaban J connectivity index is 1.84. The van der Waals surface area contributed by atoms with Crippen LogP contribution in [0.2, 0.25) is 0 Å². The largest absolute Gasteiger partial charge is 0.489 e. The summed E-state index contributed by atoms with van der Waals surface area (Å²) in [4.78, 5) is 11.1. The van der Waals surface area contributed by atoms with E-state index in [2.05, 4.69) is 10.6 Å². The molecule has 0 radical (unpaired) electrons. The van der Waals surface area contributed by atoms with Crippen LogP contribution in [-0.4, -0.2) is 13.1 Å². The number of nitrogens with one attached hydrogen (secondary N) is 2. The van der Waals surface area contributed by atoms with Crippen LogP contribution in [0.4, 0.5) is 4.79 Å². The first-order valence-corrected chi connectivity index (χ1v) is 6.49. The van der Waals surface area contributed by atoms with E-state index in [-0.39, 0.29) is 6.03 Å². The summed E-state index contributed by atoms with van der Waals surface area (Å²) < 4.78 is 5.69. The summed E-state index contributed by atoms with van der Waals surface area (Å²) in [6, 6.07) is 17.5. The van der Waals surface area contributed by atoms with Crippen molar-refractivity contribution in [2.24, 2.45) is 0 Å². The number of hydrogen-bond acceptors (Lipinski definition) is 2. The summed E-state index contributed by atoms with van der Waals surface area (Å²) in [5.41, 5.74) is 2.17. The first kappa shape index (κ1) is 13.9. The second-order valence-electron chi connectivity index (χ2n) is 4.35. The molecule has 20 heavy (non-hydrogen) atoms. The molecule has 0 atom stereocenters. The molecule has 104 valence electrons. The van der Waals surface area contributed by atoms with Gasteiger partial charge in [0.05, 0.1) is 0 Å². The number of rotatable bonds is 5. The molecule has 0 spiro atoms. The van der Waals surface area contributed by atoms with Gasteiger partial charge in [-0.05, 0) is 23.3 Å². The molecule has 0 saturated carbocycles. The number of carbonyl (C=O) groups is 1. The smallest absolute Gasteiger partial charge is 0.314 e. The third-order valence-electron chi connectivity index (χ3n) is 2.85. The highest BCUT2D eigenvalue weighted by Crippen LogP contribution is 2.14. The van der Waals surface area contributed by atoms with Crippen LogP contribution < -0.4 is 15.4 Å². The highest BCUT2D eigenvalue weighted by atomic mass is 16.5. The Bertz CT molecular complexity index is 538. The molecule has 2 amide bonds. The Hall–Kier alpha value is -2.49. The molecule has 2 aromatic carbocycles. The van der Waals surface area contributed by atoms with Gasteiger partial charge in [0.25, 0.3) is 0 Å². The predicted octanol–water partition coefficient (Wildman–Crippen LogP) is 2.69. The van der Waals surface area contributed by atoms with Crippen molar-refractivity contribution < 1.29 is 9.53 Å². The zero-order valence-corrected chi connectivity index (χ0v) is 11.4. The second-order valence-corrected chi connectivity index (χ2v) is 4.35. The molecule has 2 N–H and O–H groups in total. The van der Waals surface area contributed by atoms with Gasteiger partial charge >= 0.3 is 6.03 Å². The molecule has 0 aromatic heterocycles. The van der Waals surface area contributed by atoms with Gasteiger partial charge in [-0.15, -0.1) is 0 Å². The van der Waals surface area contributed by atoms with Crippen molar-refractivity contribution in [2.75, 3.05) is 7.05 Å². The predicted molar refractivity (Wildman–Crippen MR) is 78.5 cm³/mol. The number of hydrogen-bond donors (Lipinski definition) is 2. The van der Waals surface area contributed by atoms with E-state index in [1.807, 2.05) is 54.6 Å². The zero-order chi connectivity index (χ0) is 14.2. The summed E-state index contributed by atoms with van der Waals surface area (Å²) >= 11 is 0. The third kappa shape index (κ3) is 4.31. The molecule has 4 nitrogen and oxygen atoms in total. The van der Waals surface area contributed by atoms with E-state index in [0.29, 0.717) is 13.2 Å². The van der Waals surface area contributed by atoms with Crippen molar-refractivity contribution in [2.45, 2.75) is 13.2 Å². The minimum absolute atomic E-state index is 0.186. The van der Waals surface area contributed by atoms with Crippen molar-refractivity contribution in [1.29, 1.82) is 0 Å². The number of benzene rings is 2. The van der Waals surface area contributed by atoms with Gasteiger partial charge in [-0.1, -0.05) is 42.5 Å². The Kier molecular flexibility index (Phi) is 5.00. The molecule has 0 unspecified atom stereocenters. The Labute approximate surface area is 118 Å². The van der Waals surface area contributed by atoms with E-state index < -0.39 is 0 Å². The van der Waals surface area contributed by atoms with Crippen LogP contribution in [0.5, 0.6) is 5.75 Å². The number of urea groups is 1. The molecule has 2 aromatic rings. The minimum atomic E-state index is -0.186. The van der Waals surface area contributed by atoms with E-state index >= 15 is 0 Å². The van der Waals surface area contributed by atoms with E-state index in [4.69, 9.17) is 4.74 Å². The molecule has 0 aliphatic carbocycles. The van der Waals surface area contributed by atoms with E-state index in [1.165, 1.54) is 0 Å². The van der Waals surface area contributed by atoms with Crippen molar-refractivity contribution in [3.05, 3.63) is 65.7 Å². The van der Waals surface area contributed by atoms with Gasteiger partial charge in [0.15, 0.2) is 0 Å². The lowest BCUT2D eigenvalue weighted by atomic mass is 10.2. The van der Waals surface area contributed by atoms with Crippen LogP contribution in [0.15, 0.2) is 54.6 Å². The summed E-state index contributed by atoms with van der Waals surface area (Å²) in [5.74, 6) is 0.817. The lowest BCUT2D eigenvalue weighted by Crippen LogP contribution is -2.32. The van der Waals surface area contributed by atoms with Gasteiger partial charge in [0.2, 0.25) is 0 Å². The third-order valence-corrected chi connectivity index (χ3v) is 2.85. The number of ether oxygens (including phenoxy) is 1. The molecular formula is C16H18N2O2. The standard InChI is InChI=1S/C16H18N2O2/c1-17-16(19)18-11-13-7-9-15(10-8-13)20-12-14-5-3-2-4-6-14/h2-10H,11-12H2,1H3,(H2,17,18,19). The van der Waals surface area contributed by atoms with Crippen molar-refractivity contribution in [3.63, 3.8) is 0 Å². The molecule has 2 rings (SSSR count). The quantitative estimate of drug-likeness (QED) is 0.877. The SMILES string of the molecule is CNC(=O)NCc1ccc(OCc2ccccc2)cc1. The zero-order valence-electron chi connectivity index (χ0n) is 11.4. The van der Waals surface area contributed by atoms with Gasteiger partial charge in [0, 0.05) is 13.6 Å². The molecule has 0 bridgehead atoms. The number of amides is 2. The van der Waals surface area contributed by atoms with Crippen molar-refractivity contribution >= 4 is 6.03 Å². The van der Waals surface area contributed by atoms with Gasteiger partial charge in [-0.3, -0.25) is 0 Å². The summed E-state index contributed by atoms with van der Waals surface area (Å²) in [7, 11) is 1.59. The van der Waals surface area contributed by atoms with Crippen LogP contribution in [0.3, 0.4) is 0 Å². The fraction of sp³-hybridized carbons (Fsp3) is 0.188. The molecule has 4 heteroatoms. The van der Waals surface area contributed by atoms with Crippen molar-refractivity contribution in [1.82, 2.24) is 10.6 Å². The summed E-state index contributed by atoms with van der Waals surface area (Å²) in [6.07, 6.45) is 0. The monoisotopic (exact) mass is 270 g/mol. The van der Waals surface area contributed by atoms with E-state index in [0.717, 1.165) is 16.9 Å². The summed E-state index contributed by atoms with van der Waals surface area (Å²) in [5, 5.41) is 5.25. The van der Waals surface area contributed by atoms with Gasteiger partial charge < -0.3 is 15.4 Å². The lowest BCUT2D eigenvalue weighted by Gasteiger charge is -2.08. The molecule has 0 heterocycles. The van der Waals surface area contributed by atoms with Crippen LogP contribution in [0, 0.1) is 0 Å². The maximum atomic E-state index is 11.1. The van der Waals surface area contributed by atoms with Gasteiger partial charge in [-0.2, -0.15) is 0 Å². The molecule has 0 aliphatic rings. The molecule has 0 aliphatic heterocycles. The lowest BCUT2D eigenvalue weighted by molar-refractivity contribution is 0.242. The highest BCUT2D eigenvalue weighted by Gasteiger charge is 1.99. The average Bonchev–Trinajstić information content (AvgIpc) is 2.52. The van der Waals surface area contributed by atoms with Crippen LogP contribution in [0.1, 0.15) is 11.1 Å². The highest BCUT2D eigenvalue weighted by molar-refractivity contribution is 5.73. The second kappa shape index (κ2) is 7.19. The van der Waals surface area contributed by atoms with Crippen molar-refractivity contribution in [3.8, 4) is 5.75 Å². The molecular weight excluding hydrogens is 252 g/mol. The Morgan fingerprint density at radius 1 is 1.00 bits per heavy atom. The maximum absolute atomic E-state index is 11.1. The Morgan fingerprint density at radius 2 is 1.70 bits per heavy atom. The summed E-state index contributed by atoms with van der Waals surface area (Å²) in [6.45, 7) is 1.05. The van der Waals surface area contributed by atoms with Gasteiger partial charge in [0.1, 0.15) is 12.4 Å². The topological polar surface area (TPSA) is 50.4 Å². The Morgan fingerprint density at radius 3 is 2.35 bits per heavy atom. The first-order chi connectivity index (χ1) is 9.78. The molecule has 0 fully saturated rings. The fourth-order valence-electron chi connectivity index (χ4n) is 1.72. The van der Waals surface area contributed by atoms with E-state index in [9.17, 15) is 4.79 Å². The average molecular weight is 270 g/mol. The van der Waals surface area contributed by atoms with Crippen LogP contribution in [-0.2, 0) is 13.2 Å². The van der Waals surface area contributed by atoms with E-state index in [1.54, 1.807) is 7.05 Å². The van der Waals surface area contributed by atoms with Crippen LogP contribution in [0.25, 0.3) is 0 Å². The first-order valence-electron chi connectivity index (χ1n) is 6.49. The maximum Gasteiger partial charge on any atom is 0.314 e.